The number of amides is 1. The van der Waals surface area contributed by atoms with E-state index >= 15 is 0 Å². The molecule has 1 saturated carbocycles. The van der Waals surface area contributed by atoms with Crippen LogP contribution in [0.25, 0.3) is 0 Å². The van der Waals surface area contributed by atoms with Crippen molar-refractivity contribution < 1.29 is 63.0 Å². The van der Waals surface area contributed by atoms with Gasteiger partial charge in [0.25, 0.3) is 11.7 Å². The van der Waals surface area contributed by atoms with Crippen LogP contribution in [0.15, 0.2) is 47.6 Å². The molecule has 0 radical (unpaired) electrons. The maximum atomic E-state index is 14.7. The fourth-order valence-corrected chi connectivity index (χ4v) is 10.4. The molecule has 14 nitrogen and oxygen atoms in total. The van der Waals surface area contributed by atoms with E-state index in [2.05, 4.69) is 0 Å². The van der Waals surface area contributed by atoms with Crippen LogP contribution in [0.1, 0.15) is 132 Å². The van der Waals surface area contributed by atoms with E-state index in [1.807, 2.05) is 58.1 Å². The van der Waals surface area contributed by atoms with E-state index in [0.29, 0.717) is 63.4 Å². The molecule has 372 valence electrons. The zero-order valence-corrected chi connectivity index (χ0v) is 41.5. The first-order valence-corrected chi connectivity index (χ1v) is 24.3. The van der Waals surface area contributed by atoms with Gasteiger partial charge in [0.05, 0.1) is 24.4 Å². The van der Waals surface area contributed by atoms with Crippen LogP contribution in [0.2, 0.25) is 0 Å². The number of esters is 1. The average Bonchev–Trinajstić information content (AvgIpc) is 3.28. The summed E-state index contributed by atoms with van der Waals surface area (Å²) in [6, 6.07) is 0. The SMILES string of the molecule is COC1CC2CCC(C)C(O)(O2)C(=O)C(=O)N2CCCCC2(C)C(=O)OC(C(C)CC2CCC(O)C(OC)C2)CC(=O)C(C)/C=C(\C)C(O)C(OC)C(=O)C(C)CC(C)/C=C/C=C/C=C/1C. The lowest BCUT2D eigenvalue weighted by molar-refractivity contribution is -0.266. The molecule has 0 aromatic heterocycles. The summed E-state index contributed by atoms with van der Waals surface area (Å²) < 4.78 is 29.5. The Hall–Kier alpha value is -3.37. The van der Waals surface area contributed by atoms with E-state index in [0.717, 1.165) is 12.0 Å². The van der Waals surface area contributed by atoms with Crippen LogP contribution in [0, 0.1) is 35.5 Å². The summed E-state index contributed by atoms with van der Waals surface area (Å²) in [5, 5.41) is 34.0. The van der Waals surface area contributed by atoms with Crippen LogP contribution in [-0.2, 0) is 47.7 Å². The topological polar surface area (TPSA) is 195 Å². The molecule has 3 heterocycles. The second-order valence-electron chi connectivity index (χ2n) is 20.2. The fourth-order valence-electron chi connectivity index (χ4n) is 10.4. The van der Waals surface area contributed by atoms with Crippen molar-refractivity contribution in [2.45, 2.75) is 186 Å². The first-order chi connectivity index (χ1) is 31.1. The first kappa shape index (κ1) is 55.2. The van der Waals surface area contributed by atoms with E-state index in [-0.39, 0.29) is 54.8 Å². The monoisotopic (exact) mass is 928 g/mol. The molecule has 2 bridgehead atoms. The molecular weight excluding hydrogens is 847 g/mol. The van der Waals surface area contributed by atoms with Crippen LogP contribution in [-0.4, -0.2) is 131 Å². The molecule has 1 aliphatic carbocycles. The molecule has 0 spiro atoms. The average molecular weight is 928 g/mol. The molecule has 66 heavy (non-hydrogen) atoms. The highest BCUT2D eigenvalue weighted by atomic mass is 16.6. The second kappa shape index (κ2) is 24.8. The molecule has 4 aliphatic rings. The Morgan fingerprint density at radius 1 is 0.864 bits per heavy atom. The Balaban J connectivity index is 1.73. The summed E-state index contributed by atoms with van der Waals surface area (Å²) in [4.78, 5) is 72.6. The lowest BCUT2D eigenvalue weighted by atomic mass is 9.78. The molecule has 3 aliphatic heterocycles. The van der Waals surface area contributed by atoms with Crippen LogP contribution in [0.4, 0.5) is 0 Å². The number of Topliss-reactive ketones (excluding diaryl/α,β-unsaturated/α-hetero) is 3. The van der Waals surface area contributed by atoms with Crippen LogP contribution >= 0.6 is 0 Å². The number of nitrogens with zero attached hydrogens (tertiary/aromatic N) is 1. The summed E-state index contributed by atoms with van der Waals surface area (Å²) >= 11 is 0. The maximum Gasteiger partial charge on any atom is 0.332 e. The minimum atomic E-state index is -2.45. The number of cyclic esters (lactones) is 1. The quantitative estimate of drug-likeness (QED) is 0.147. The van der Waals surface area contributed by atoms with Gasteiger partial charge in [0.1, 0.15) is 29.6 Å². The van der Waals surface area contributed by atoms with Crippen LogP contribution in [0.3, 0.4) is 0 Å². The van der Waals surface area contributed by atoms with Crippen molar-refractivity contribution in [1.82, 2.24) is 4.90 Å². The van der Waals surface area contributed by atoms with Gasteiger partial charge in [-0.1, -0.05) is 71.1 Å². The van der Waals surface area contributed by atoms with Crippen molar-refractivity contribution in [2.24, 2.45) is 35.5 Å². The van der Waals surface area contributed by atoms with E-state index in [4.69, 9.17) is 23.7 Å². The number of fused-ring (bicyclic) bond motifs is 3. The normalized spacial score (nSPS) is 41.1. The standard InChI is InChI=1S/C52H81NO13/c1-31-17-13-12-14-18-32(2)42(62-9)29-39-21-19-37(7)52(61,66-39)48(58)49(59)53-24-16-15-23-51(53,8)50(60)65-43(34(4)27-38-20-22-40(54)44(28-38)63-10)30-41(55)33(3)26-36(6)46(57)47(64-11)45(56)35(5)25-31/h12-14,17-18,26,31,33-35,37-40,42-44,46-47,54,57,61H,15-16,19-25,27-30H2,1-11H3/b14-12+,17-13+,32-18+,36-26+. The molecule has 2 saturated heterocycles. The summed E-state index contributed by atoms with van der Waals surface area (Å²) in [5.74, 6) is -8.07. The summed E-state index contributed by atoms with van der Waals surface area (Å²) in [5.41, 5.74) is -0.343. The molecule has 14 heteroatoms. The van der Waals surface area contributed by atoms with Crippen molar-refractivity contribution in [3.8, 4) is 0 Å². The van der Waals surface area contributed by atoms with Gasteiger partial charge in [0.2, 0.25) is 5.79 Å². The molecule has 0 aromatic carbocycles. The third-order valence-electron chi connectivity index (χ3n) is 15.0. The number of carbonyl (C=O) groups is 5. The van der Waals surface area contributed by atoms with Gasteiger partial charge in [0.15, 0.2) is 5.78 Å². The Morgan fingerprint density at radius 2 is 1.58 bits per heavy atom. The molecule has 15 unspecified atom stereocenters. The highest BCUT2D eigenvalue weighted by Gasteiger charge is 2.55. The van der Waals surface area contributed by atoms with Crippen molar-refractivity contribution in [3.63, 3.8) is 0 Å². The van der Waals surface area contributed by atoms with Gasteiger partial charge in [-0.15, -0.1) is 0 Å². The molecule has 4 rings (SSSR count). The molecule has 1 amide bonds. The van der Waals surface area contributed by atoms with Crippen molar-refractivity contribution in [1.29, 1.82) is 0 Å². The second-order valence-corrected chi connectivity index (χ2v) is 20.2. The lowest BCUT2D eigenvalue weighted by Gasteiger charge is -2.46. The number of rotatable bonds is 6. The first-order valence-electron chi connectivity index (χ1n) is 24.3. The fraction of sp³-hybridized carbons (Fsp3) is 0.750. The Morgan fingerprint density at radius 3 is 2.24 bits per heavy atom. The predicted octanol–water partition coefficient (Wildman–Crippen LogP) is 6.57. The van der Waals surface area contributed by atoms with E-state index in [1.54, 1.807) is 48.0 Å². The van der Waals surface area contributed by atoms with Crippen molar-refractivity contribution in [2.75, 3.05) is 27.9 Å². The van der Waals surface area contributed by atoms with E-state index in [9.17, 15) is 39.3 Å². The van der Waals surface area contributed by atoms with Gasteiger partial charge < -0.3 is 43.9 Å². The number of piperidine rings is 1. The van der Waals surface area contributed by atoms with Gasteiger partial charge in [-0.25, -0.2) is 4.79 Å². The van der Waals surface area contributed by atoms with E-state index in [1.165, 1.54) is 12.0 Å². The number of ketones is 3. The molecule has 3 fully saturated rings. The number of hydrogen-bond acceptors (Lipinski definition) is 13. The number of ether oxygens (including phenoxy) is 5. The number of allylic oxidation sites excluding steroid dienone is 6. The van der Waals surface area contributed by atoms with E-state index < -0.39 is 83.4 Å². The number of hydrogen-bond donors (Lipinski definition) is 3. The van der Waals surface area contributed by atoms with Gasteiger partial charge in [0, 0.05) is 58.5 Å². The third kappa shape index (κ3) is 13.7. The Kier molecular flexibility index (Phi) is 20.7. The maximum absolute atomic E-state index is 14.7. The summed E-state index contributed by atoms with van der Waals surface area (Å²) in [7, 11) is 4.52. The molecular formula is C52H81NO13. The lowest BCUT2D eigenvalue weighted by Crippen LogP contribution is -2.64. The predicted molar refractivity (Wildman–Crippen MR) is 250 cm³/mol. The van der Waals surface area contributed by atoms with Crippen LogP contribution in [0.5, 0.6) is 0 Å². The summed E-state index contributed by atoms with van der Waals surface area (Å²) in [6.45, 7) is 14.3. The third-order valence-corrected chi connectivity index (χ3v) is 15.0. The van der Waals surface area contributed by atoms with Crippen LogP contribution < -0.4 is 0 Å². The minimum Gasteiger partial charge on any atom is -0.460 e. The number of aliphatic hydroxyl groups is 3. The number of methoxy groups -OCH3 is 3. The highest BCUT2D eigenvalue weighted by molar-refractivity contribution is 6.39. The Bertz CT molecular complexity index is 1810. The van der Waals surface area contributed by atoms with Gasteiger partial charge in [-0.2, -0.15) is 0 Å². The smallest absolute Gasteiger partial charge is 0.332 e. The zero-order valence-electron chi connectivity index (χ0n) is 41.5. The summed E-state index contributed by atoms with van der Waals surface area (Å²) in [6.07, 6.45) is 11.0. The van der Waals surface area contributed by atoms with Gasteiger partial charge in [-0.3, -0.25) is 19.2 Å². The molecule has 0 aromatic rings. The minimum absolute atomic E-state index is 0.0171. The van der Waals surface area contributed by atoms with Crippen molar-refractivity contribution >= 4 is 29.2 Å². The molecule has 15 atom stereocenters. The Labute approximate surface area is 393 Å². The number of aliphatic hydroxyl groups excluding tert-OH is 2. The van der Waals surface area contributed by atoms with Gasteiger partial charge >= 0.3 is 5.97 Å². The van der Waals surface area contributed by atoms with Crippen molar-refractivity contribution in [3.05, 3.63) is 47.6 Å². The number of carbonyl (C=O) groups excluding carboxylic acids is 5. The highest BCUT2D eigenvalue weighted by Crippen LogP contribution is 2.39. The largest absolute Gasteiger partial charge is 0.460 e. The van der Waals surface area contributed by atoms with Gasteiger partial charge in [-0.05, 0) is 114 Å². The zero-order chi connectivity index (χ0) is 49.1. The molecule has 3 N–H and O–H groups in total.